The molecule has 7 aromatic carbocycles. The number of nitrogens with zero attached hydrogens (tertiary/aromatic N) is 2. The molecule has 1 aliphatic rings. The summed E-state index contributed by atoms with van der Waals surface area (Å²) in [5.74, 6) is 0. The lowest BCUT2D eigenvalue weighted by molar-refractivity contribution is 0.660. The average Bonchev–Trinajstić information content (AvgIpc) is 3.68. The van der Waals surface area contributed by atoms with Crippen molar-refractivity contribution in [2.75, 3.05) is 4.90 Å². The predicted octanol–water partition coefficient (Wildman–Crippen LogP) is 13.2. The summed E-state index contributed by atoms with van der Waals surface area (Å²) < 4.78 is 6.76. The van der Waals surface area contributed by atoms with Crippen LogP contribution in [0.1, 0.15) is 25.0 Å². The zero-order valence-corrected chi connectivity index (χ0v) is 28.5. The van der Waals surface area contributed by atoms with Gasteiger partial charge in [-0.15, -0.1) is 0 Å². The van der Waals surface area contributed by atoms with E-state index in [9.17, 15) is 0 Å². The van der Waals surface area contributed by atoms with Gasteiger partial charge in [0.05, 0.1) is 5.69 Å². The minimum Gasteiger partial charge on any atom is -0.456 e. The second-order valence-electron chi connectivity index (χ2n) is 14.0. The van der Waals surface area contributed by atoms with E-state index in [0.717, 1.165) is 60.9 Å². The van der Waals surface area contributed by atoms with Gasteiger partial charge in [0.15, 0.2) is 0 Å². The Morgan fingerprint density at radius 3 is 2.00 bits per heavy atom. The van der Waals surface area contributed by atoms with Crippen molar-refractivity contribution in [3.05, 3.63) is 181 Å². The lowest BCUT2D eigenvalue weighted by atomic mass is 9.82. The van der Waals surface area contributed by atoms with Crippen LogP contribution in [0.25, 0.3) is 66.1 Å². The van der Waals surface area contributed by atoms with Crippen molar-refractivity contribution < 1.29 is 4.42 Å². The van der Waals surface area contributed by atoms with Crippen LogP contribution in [0.4, 0.5) is 17.1 Å². The fourth-order valence-electron chi connectivity index (χ4n) is 8.30. The largest absolute Gasteiger partial charge is 0.456 e. The summed E-state index contributed by atoms with van der Waals surface area (Å²) in [5, 5.41) is 4.54. The molecule has 0 atom stereocenters. The molecular weight excluding hydrogens is 621 g/mol. The van der Waals surface area contributed by atoms with Gasteiger partial charge in [-0.25, -0.2) is 0 Å². The third-order valence-corrected chi connectivity index (χ3v) is 10.8. The Hall–Kier alpha value is -6.45. The first-order valence-corrected chi connectivity index (χ1v) is 17.5. The maximum absolute atomic E-state index is 6.76. The van der Waals surface area contributed by atoms with Gasteiger partial charge in [0.1, 0.15) is 11.2 Å². The summed E-state index contributed by atoms with van der Waals surface area (Å²) in [6, 6.07) is 56.7. The first-order chi connectivity index (χ1) is 25.1. The maximum atomic E-state index is 6.76. The Balaban J connectivity index is 1.23. The zero-order valence-electron chi connectivity index (χ0n) is 28.5. The lowest BCUT2D eigenvalue weighted by Gasteiger charge is -2.29. The number of furan rings is 1. The van der Waals surface area contributed by atoms with Crippen molar-refractivity contribution in [2.45, 2.75) is 19.3 Å². The summed E-state index contributed by atoms with van der Waals surface area (Å²) in [6.45, 7) is 4.69. The van der Waals surface area contributed by atoms with E-state index in [0.29, 0.717) is 0 Å². The van der Waals surface area contributed by atoms with Crippen molar-refractivity contribution in [1.29, 1.82) is 0 Å². The molecule has 0 bridgehead atoms. The van der Waals surface area contributed by atoms with E-state index in [1.54, 1.807) is 0 Å². The van der Waals surface area contributed by atoms with Crippen molar-refractivity contribution in [3.8, 4) is 33.4 Å². The van der Waals surface area contributed by atoms with E-state index in [1.165, 1.54) is 33.4 Å². The topological polar surface area (TPSA) is 29.3 Å². The third kappa shape index (κ3) is 4.55. The van der Waals surface area contributed by atoms with E-state index in [1.807, 2.05) is 18.5 Å². The van der Waals surface area contributed by atoms with Crippen LogP contribution < -0.4 is 4.90 Å². The van der Waals surface area contributed by atoms with Gasteiger partial charge in [0.2, 0.25) is 0 Å². The number of rotatable bonds is 5. The Bertz CT molecular complexity index is 2760. The summed E-state index contributed by atoms with van der Waals surface area (Å²) >= 11 is 0. The molecule has 0 amide bonds. The number of hydrogen-bond acceptors (Lipinski definition) is 3. The highest BCUT2D eigenvalue weighted by molar-refractivity contribution is 6.25. The SMILES string of the molecule is CC1(C)c2ccccc2-c2ccc(N(c3ccc(-c4ccccc4)cc3)c3cc4oc5cccc(-c6cccnc6)c5c4c4ccccc34)cc21. The van der Waals surface area contributed by atoms with Crippen molar-refractivity contribution in [1.82, 2.24) is 4.98 Å². The molecule has 242 valence electrons. The number of aromatic nitrogens is 1. The van der Waals surface area contributed by atoms with E-state index < -0.39 is 0 Å². The molecule has 1 aliphatic carbocycles. The van der Waals surface area contributed by atoms with Crippen molar-refractivity contribution in [2.24, 2.45) is 0 Å². The highest BCUT2D eigenvalue weighted by Gasteiger charge is 2.36. The van der Waals surface area contributed by atoms with Crippen molar-refractivity contribution >= 4 is 49.8 Å². The van der Waals surface area contributed by atoms with Crippen LogP contribution in [0.2, 0.25) is 0 Å². The molecule has 0 unspecified atom stereocenters. The normalized spacial score (nSPS) is 13.1. The number of benzene rings is 7. The quantitative estimate of drug-likeness (QED) is 0.185. The highest BCUT2D eigenvalue weighted by atomic mass is 16.3. The number of hydrogen-bond donors (Lipinski definition) is 0. The number of anilines is 3. The maximum Gasteiger partial charge on any atom is 0.138 e. The van der Waals surface area contributed by atoms with Gasteiger partial charge in [-0.2, -0.15) is 0 Å². The number of fused-ring (bicyclic) bond motifs is 8. The monoisotopic (exact) mass is 654 g/mol. The number of pyridine rings is 1. The molecule has 0 saturated heterocycles. The standard InChI is InChI=1S/C48H34N2O/c1-48(2)41-19-9-8-15-37(41)38-26-25-35(28-42(38)48)50(34-23-21-32(22-24-34)31-12-4-3-5-13-31)43-29-45-47(40-17-7-6-16-39(40)43)46-36(18-10-20-44(46)51-45)33-14-11-27-49-30-33/h3-30H,1-2H3. The Morgan fingerprint density at radius 1 is 0.490 bits per heavy atom. The molecule has 3 nitrogen and oxygen atoms in total. The Labute approximate surface area is 297 Å². The van der Waals surface area contributed by atoms with Gasteiger partial charge in [-0.05, 0) is 80.7 Å². The van der Waals surface area contributed by atoms with Gasteiger partial charge in [0.25, 0.3) is 0 Å². The van der Waals surface area contributed by atoms with Crippen LogP contribution in [-0.2, 0) is 5.41 Å². The fourth-order valence-corrected chi connectivity index (χ4v) is 8.30. The first-order valence-electron chi connectivity index (χ1n) is 17.5. The highest BCUT2D eigenvalue weighted by Crippen LogP contribution is 2.52. The molecule has 2 aromatic heterocycles. The lowest BCUT2D eigenvalue weighted by Crippen LogP contribution is -2.16. The van der Waals surface area contributed by atoms with Gasteiger partial charge >= 0.3 is 0 Å². The molecular formula is C48H34N2O. The third-order valence-electron chi connectivity index (χ3n) is 10.8. The second-order valence-corrected chi connectivity index (χ2v) is 14.0. The molecule has 0 fully saturated rings. The summed E-state index contributed by atoms with van der Waals surface area (Å²) in [7, 11) is 0. The van der Waals surface area contributed by atoms with E-state index >= 15 is 0 Å². The summed E-state index contributed by atoms with van der Waals surface area (Å²) in [6.07, 6.45) is 3.75. The molecule has 2 heterocycles. The van der Waals surface area contributed by atoms with Crippen LogP contribution in [0.5, 0.6) is 0 Å². The molecule has 0 radical (unpaired) electrons. The zero-order chi connectivity index (χ0) is 34.1. The molecule has 9 aromatic rings. The Kier molecular flexibility index (Phi) is 6.53. The second kappa shape index (κ2) is 11.3. The van der Waals surface area contributed by atoms with Gasteiger partial charge in [-0.1, -0.05) is 129 Å². The van der Waals surface area contributed by atoms with Gasteiger partial charge in [0, 0.05) is 57.0 Å². The molecule has 0 saturated carbocycles. The van der Waals surface area contributed by atoms with Crippen molar-refractivity contribution in [3.63, 3.8) is 0 Å². The minimum atomic E-state index is -0.127. The molecule has 3 heteroatoms. The van der Waals surface area contributed by atoms with Crippen LogP contribution in [-0.4, -0.2) is 4.98 Å². The molecule has 0 spiro atoms. The van der Waals surface area contributed by atoms with Crippen LogP contribution in [0, 0.1) is 0 Å². The Morgan fingerprint density at radius 2 is 1.18 bits per heavy atom. The molecule has 51 heavy (non-hydrogen) atoms. The first kappa shape index (κ1) is 29.5. The smallest absolute Gasteiger partial charge is 0.138 e. The van der Waals surface area contributed by atoms with E-state index in [4.69, 9.17) is 4.42 Å². The summed E-state index contributed by atoms with van der Waals surface area (Å²) in [4.78, 5) is 6.84. The van der Waals surface area contributed by atoms with E-state index in [2.05, 4.69) is 175 Å². The predicted molar refractivity (Wildman–Crippen MR) is 212 cm³/mol. The average molecular weight is 655 g/mol. The van der Waals surface area contributed by atoms with Crippen LogP contribution in [0.3, 0.4) is 0 Å². The van der Waals surface area contributed by atoms with Crippen LogP contribution in [0.15, 0.2) is 175 Å². The van der Waals surface area contributed by atoms with Gasteiger partial charge < -0.3 is 9.32 Å². The minimum absolute atomic E-state index is 0.127. The van der Waals surface area contributed by atoms with Gasteiger partial charge in [-0.3, -0.25) is 4.98 Å². The molecule has 0 N–H and O–H groups in total. The summed E-state index contributed by atoms with van der Waals surface area (Å²) in [5.41, 5.74) is 14.8. The fraction of sp³-hybridized carbons (Fsp3) is 0.0625. The molecule has 10 rings (SSSR count). The van der Waals surface area contributed by atoms with E-state index in [-0.39, 0.29) is 5.41 Å². The molecule has 0 aliphatic heterocycles. The van der Waals surface area contributed by atoms with Crippen LogP contribution >= 0.6 is 0 Å².